The second-order valence-electron chi connectivity index (χ2n) is 8.71. The van der Waals surface area contributed by atoms with Gasteiger partial charge in [-0.3, -0.25) is 4.98 Å². The molecule has 0 saturated carbocycles. The van der Waals surface area contributed by atoms with Crippen molar-refractivity contribution in [2.24, 2.45) is 11.7 Å². The van der Waals surface area contributed by atoms with Gasteiger partial charge >= 0.3 is 6.09 Å². The lowest BCUT2D eigenvalue weighted by molar-refractivity contribution is -0.00189. The SMILES string of the molecule is CC(C)CN(C[C@H](O)[C@H](Cc1ccccc1)OC(N)=O)S(=O)(=O)c1ccc(-c2ccncc2)cc1. The largest absolute Gasteiger partial charge is 0.443 e. The molecule has 0 aliphatic carbocycles. The first kappa shape index (κ1) is 26.3. The second kappa shape index (κ2) is 11.9. The van der Waals surface area contributed by atoms with Crippen LogP contribution in [0.1, 0.15) is 19.4 Å². The van der Waals surface area contributed by atoms with Crippen molar-refractivity contribution in [2.75, 3.05) is 13.1 Å². The van der Waals surface area contributed by atoms with Crippen molar-refractivity contribution in [3.8, 4) is 11.1 Å². The molecule has 1 heterocycles. The number of hydrogen-bond acceptors (Lipinski definition) is 6. The topological polar surface area (TPSA) is 123 Å². The fourth-order valence-corrected chi connectivity index (χ4v) is 5.39. The molecule has 0 radical (unpaired) electrons. The lowest BCUT2D eigenvalue weighted by Gasteiger charge is -2.29. The van der Waals surface area contributed by atoms with Crippen LogP contribution in [0.5, 0.6) is 0 Å². The van der Waals surface area contributed by atoms with Gasteiger partial charge in [0, 0.05) is 31.9 Å². The number of nitrogens with two attached hydrogens (primary N) is 1. The average molecular weight is 498 g/mol. The molecule has 0 aliphatic heterocycles. The smallest absolute Gasteiger partial charge is 0.404 e. The van der Waals surface area contributed by atoms with Gasteiger partial charge in [0.15, 0.2) is 0 Å². The number of pyridine rings is 1. The predicted molar refractivity (Wildman–Crippen MR) is 134 cm³/mol. The van der Waals surface area contributed by atoms with Gasteiger partial charge in [-0.25, -0.2) is 13.2 Å². The van der Waals surface area contributed by atoms with E-state index in [1.807, 2.05) is 56.3 Å². The van der Waals surface area contributed by atoms with Crippen LogP contribution >= 0.6 is 0 Å². The Hall–Kier alpha value is -3.27. The zero-order chi connectivity index (χ0) is 25.4. The van der Waals surface area contributed by atoms with Crippen LogP contribution in [0.4, 0.5) is 4.79 Å². The minimum atomic E-state index is -3.94. The fourth-order valence-electron chi connectivity index (χ4n) is 3.77. The van der Waals surface area contributed by atoms with E-state index in [9.17, 15) is 18.3 Å². The van der Waals surface area contributed by atoms with Crippen LogP contribution in [0.3, 0.4) is 0 Å². The third kappa shape index (κ3) is 7.35. The molecule has 0 aliphatic rings. The number of rotatable bonds is 11. The highest BCUT2D eigenvalue weighted by Gasteiger charge is 2.32. The number of carbonyl (C=O) groups excluding carboxylic acids is 1. The zero-order valence-electron chi connectivity index (χ0n) is 19.8. The molecule has 0 spiro atoms. The first-order valence-electron chi connectivity index (χ1n) is 11.4. The summed E-state index contributed by atoms with van der Waals surface area (Å²) in [5.74, 6) is -0.00213. The van der Waals surface area contributed by atoms with Crippen molar-refractivity contribution in [3.63, 3.8) is 0 Å². The highest BCUT2D eigenvalue weighted by Crippen LogP contribution is 2.24. The Bertz CT molecular complexity index is 1190. The van der Waals surface area contributed by atoms with E-state index in [0.717, 1.165) is 16.7 Å². The lowest BCUT2D eigenvalue weighted by Crippen LogP contribution is -2.46. The molecular formula is C26H31N3O5S. The molecule has 1 amide bonds. The summed E-state index contributed by atoms with van der Waals surface area (Å²) in [6, 6.07) is 19.4. The van der Waals surface area contributed by atoms with Crippen molar-refractivity contribution >= 4 is 16.1 Å². The van der Waals surface area contributed by atoms with Crippen LogP contribution in [-0.4, -0.2) is 54.2 Å². The molecule has 0 fully saturated rings. The number of benzene rings is 2. The van der Waals surface area contributed by atoms with E-state index in [1.165, 1.54) is 4.31 Å². The molecule has 35 heavy (non-hydrogen) atoms. The third-order valence-electron chi connectivity index (χ3n) is 5.44. The summed E-state index contributed by atoms with van der Waals surface area (Å²) in [6.07, 6.45) is 0.217. The van der Waals surface area contributed by atoms with Gasteiger partial charge in [-0.1, -0.05) is 56.3 Å². The molecule has 3 N–H and O–H groups in total. The van der Waals surface area contributed by atoms with E-state index in [-0.39, 0.29) is 30.3 Å². The molecule has 0 unspecified atom stereocenters. The van der Waals surface area contributed by atoms with Crippen LogP contribution in [0.15, 0.2) is 84.0 Å². The Balaban J connectivity index is 1.84. The molecule has 3 aromatic rings. The third-order valence-corrected chi connectivity index (χ3v) is 7.29. The van der Waals surface area contributed by atoms with E-state index in [0.29, 0.717) is 0 Å². The number of hydrogen-bond donors (Lipinski definition) is 2. The van der Waals surface area contributed by atoms with Gasteiger partial charge in [-0.2, -0.15) is 4.31 Å². The van der Waals surface area contributed by atoms with E-state index in [4.69, 9.17) is 10.5 Å². The number of carbonyl (C=O) groups is 1. The van der Waals surface area contributed by atoms with Crippen molar-refractivity contribution in [1.82, 2.24) is 9.29 Å². The predicted octanol–water partition coefficient (Wildman–Crippen LogP) is 3.46. The normalized spacial score (nSPS) is 13.5. The quantitative estimate of drug-likeness (QED) is 0.418. The molecule has 2 aromatic carbocycles. The number of sulfonamides is 1. The highest BCUT2D eigenvalue weighted by molar-refractivity contribution is 7.89. The summed E-state index contributed by atoms with van der Waals surface area (Å²) < 4.78 is 33.4. The number of amides is 1. The van der Waals surface area contributed by atoms with Gasteiger partial charge in [0.05, 0.1) is 4.90 Å². The number of ether oxygens (including phenoxy) is 1. The molecule has 9 heteroatoms. The Kier molecular flexibility index (Phi) is 8.97. The first-order valence-corrected chi connectivity index (χ1v) is 12.8. The minimum absolute atomic E-state index is 0.00213. The summed E-state index contributed by atoms with van der Waals surface area (Å²) >= 11 is 0. The number of aliphatic hydroxyl groups is 1. The fraction of sp³-hybridized carbons (Fsp3) is 0.308. The summed E-state index contributed by atoms with van der Waals surface area (Å²) in [4.78, 5) is 15.6. The number of primary amides is 1. The number of aliphatic hydroxyl groups excluding tert-OH is 1. The average Bonchev–Trinajstić information content (AvgIpc) is 2.84. The zero-order valence-corrected chi connectivity index (χ0v) is 20.6. The second-order valence-corrected chi connectivity index (χ2v) is 10.6. The number of aromatic nitrogens is 1. The summed E-state index contributed by atoms with van der Waals surface area (Å²) in [5, 5.41) is 11.0. The van der Waals surface area contributed by atoms with Gasteiger partial charge in [-0.15, -0.1) is 0 Å². The van der Waals surface area contributed by atoms with Crippen molar-refractivity contribution in [1.29, 1.82) is 0 Å². The van der Waals surface area contributed by atoms with Crippen LogP contribution in [-0.2, 0) is 21.2 Å². The Morgan fingerprint density at radius 2 is 1.57 bits per heavy atom. The summed E-state index contributed by atoms with van der Waals surface area (Å²) in [6.45, 7) is 3.71. The van der Waals surface area contributed by atoms with Crippen LogP contribution in [0, 0.1) is 5.92 Å². The van der Waals surface area contributed by atoms with Crippen molar-refractivity contribution in [3.05, 3.63) is 84.7 Å². The highest BCUT2D eigenvalue weighted by atomic mass is 32.2. The number of nitrogens with zero attached hydrogens (tertiary/aromatic N) is 2. The van der Waals surface area contributed by atoms with E-state index < -0.39 is 28.3 Å². The Morgan fingerprint density at radius 3 is 2.14 bits per heavy atom. The standard InChI is InChI=1S/C26H31N3O5S/c1-19(2)17-29(18-24(30)25(34-26(27)31)16-20-6-4-3-5-7-20)35(32,33)23-10-8-21(9-11-23)22-12-14-28-15-13-22/h3-15,19,24-25,30H,16-18H2,1-2H3,(H2,27,31)/t24-,25-/m0/s1. The molecule has 3 rings (SSSR count). The minimum Gasteiger partial charge on any atom is -0.443 e. The van der Waals surface area contributed by atoms with Gasteiger partial charge in [0.25, 0.3) is 0 Å². The van der Waals surface area contributed by atoms with Crippen LogP contribution < -0.4 is 5.73 Å². The lowest BCUT2D eigenvalue weighted by atomic mass is 10.0. The molecule has 0 bridgehead atoms. The van der Waals surface area contributed by atoms with E-state index in [2.05, 4.69) is 4.98 Å². The van der Waals surface area contributed by atoms with Gasteiger partial charge in [0.2, 0.25) is 10.0 Å². The molecule has 186 valence electrons. The maximum Gasteiger partial charge on any atom is 0.404 e. The molecule has 2 atom stereocenters. The summed E-state index contributed by atoms with van der Waals surface area (Å²) in [7, 11) is -3.94. The monoisotopic (exact) mass is 497 g/mol. The van der Waals surface area contributed by atoms with Crippen LogP contribution in [0.25, 0.3) is 11.1 Å². The van der Waals surface area contributed by atoms with Crippen molar-refractivity contribution < 1.29 is 23.1 Å². The van der Waals surface area contributed by atoms with Crippen LogP contribution in [0.2, 0.25) is 0 Å². The summed E-state index contributed by atoms with van der Waals surface area (Å²) in [5.41, 5.74) is 7.83. The van der Waals surface area contributed by atoms with Gasteiger partial charge in [0.1, 0.15) is 12.2 Å². The van der Waals surface area contributed by atoms with E-state index >= 15 is 0 Å². The first-order chi connectivity index (χ1) is 16.7. The molecule has 0 saturated heterocycles. The molecule has 8 nitrogen and oxygen atoms in total. The van der Waals surface area contributed by atoms with Gasteiger partial charge in [-0.05, 0) is 46.9 Å². The maximum absolute atomic E-state index is 13.5. The molecular weight excluding hydrogens is 466 g/mol. The maximum atomic E-state index is 13.5. The molecule has 1 aromatic heterocycles. The Morgan fingerprint density at radius 1 is 0.971 bits per heavy atom. The van der Waals surface area contributed by atoms with E-state index in [1.54, 1.807) is 36.7 Å². The van der Waals surface area contributed by atoms with Gasteiger partial charge < -0.3 is 15.6 Å². The Labute approximate surface area is 206 Å². The van der Waals surface area contributed by atoms with Crippen molar-refractivity contribution in [2.45, 2.75) is 37.4 Å².